The quantitative estimate of drug-likeness (QED) is 0.511. The predicted molar refractivity (Wildman–Crippen MR) is 74.0 cm³/mol. The first-order valence-electron chi connectivity index (χ1n) is 6.04. The van der Waals surface area contributed by atoms with Gasteiger partial charge in [0.1, 0.15) is 6.54 Å². The van der Waals surface area contributed by atoms with Gasteiger partial charge in [0, 0.05) is 11.3 Å². The zero-order valence-corrected chi connectivity index (χ0v) is 11.1. The monoisotopic (exact) mass is 288 g/mol. The fraction of sp³-hybridized carbons (Fsp3) is 0.154. The van der Waals surface area contributed by atoms with E-state index in [9.17, 15) is 19.7 Å². The van der Waals surface area contributed by atoms with Crippen molar-refractivity contribution in [2.24, 2.45) is 0 Å². The minimum atomic E-state index is -0.634. The lowest BCUT2D eigenvalue weighted by Crippen LogP contribution is -2.19. The Balaban J connectivity index is 2.02. The molecule has 0 fully saturated rings. The normalized spacial score (nSPS) is 10.1. The van der Waals surface area contributed by atoms with E-state index in [0.29, 0.717) is 11.3 Å². The highest BCUT2D eigenvalue weighted by molar-refractivity contribution is 5.97. The van der Waals surface area contributed by atoms with Crippen LogP contribution in [-0.2, 0) is 11.3 Å². The smallest absolute Gasteiger partial charge is 0.358 e. The molecule has 8 heteroatoms. The van der Waals surface area contributed by atoms with Gasteiger partial charge in [-0.2, -0.15) is 4.68 Å². The maximum atomic E-state index is 11.8. The minimum Gasteiger partial charge on any atom is -0.358 e. The highest BCUT2D eigenvalue weighted by Gasteiger charge is 2.13. The van der Waals surface area contributed by atoms with Gasteiger partial charge in [-0.3, -0.25) is 9.59 Å². The minimum absolute atomic E-state index is 0.103. The molecule has 0 saturated heterocycles. The van der Waals surface area contributed by atoms with E-state index in [2.05, 4.69) is 10.4 Å². The van der Waals surface area contributed by atoms with Gasteiger partial charge in [0.05, 0.1) is 17.4 Å². The van der Waals surface area contributed by atoms with E-state index in [4.69, 9.17) is 0 Å². The molecule has 0 bridgehead atoms. The SMILES string of the molecule is CC(=O)c1cccc(NC(=O)Cn2ccc([N+](=O)[O-])n2)c1. The average molecular weight is 288 g/mol. The first-order valence-corrected chi connectivity index (χ1v) is 6.04. The molecule has 108 valence electrons. The van der Waals surface area contributed by atoms with Gasteiger partial charge in [0.2, 0.25) is 5.91 Å². The van der Waals surface area contributed by atoms with Crippen molar-refractivity contribution in [3.8, 4) is 0 Å². The van der Waals surface area contributed by atoms with Gasteiger partial charge >= 0.3 is 5.82 Å². The van der Waals surface area contributed by atoms with E-state index in [0.717, 1.165) is 0 Å². The van der Waals surface area contributed by atoms with Crippen molar-refractivity contribution < 1.29 is 14.5 Å². The first kappa shape index (κ1) is 14.4. The molecule has 0 spiro atoms. The number of carbonyl (C=O) groups is 2. The van der Waals surface area contributed by atoms with E-state index in [-0.39, 0.29) is 18.1 Å². The molecule has 0 aliphatic rings. The molecule has 2 rings (SSSR count). The van der Waals surface area contributed by atoms with Crippen LogP contribution in [0.3, 0.4) is 0 Å². The zero-order chi connectivity index (χ0) is 15.4. The molecular weight excluding hydrogens is 276 g/mol. The molecule has 8 nitrogen and oxygen atoms in total. The number of anilines is 1. The molecule has 0 atom stereocenters. The summed E-state index contributed by atoms with van der Waals surface area (Å²) in [5.41, 5.74) is 0.969. The fourth-order valence-corrected chi connectivity index (χ4v) is 1.70. The third kappa shape index (κ3) is 3.72. The molecule has 1 amide bonds. The number of nitrogens with one attached hydrogen (secondary N) is 1. The number of benzene rings is 1. The van der Waals surface area contributed by atoms with Gasteiger partial charge in [-0.15, -0.1) is 0 Å². The Hall–Kier alpha value is -3.03. The van der Waals surface area contributed by atoms with Crippen LogP contribution in [0.5, 0.6) is 0 Å². The lowest BCUT2D eigenvalue weighted by atomic mass is 10.1. The Morgan fingerprint density at radius 2 is 2.14 bits per heavy atom. The number of rotatable bonds is 5. The van der Waals surface area contributed by atoms with Crippen LogP contribution in [0.25, 0.3) is 0 Å². The summed E-state index contributed by atoms with van der Waals surface area (Å²) in [5.74, 6) is -0.816. The maximum Gasteiger partial charge on any atom is 0.389 e. The van der Waals surface area contributed by atoms with E-state index in [1.807, 2.05) is 0 Å². The van der Waals surface area contributed by atoms with E-state index < -0.39 is 10.8 Å². The molecular formula is C13H12N4O4. The van der Waals surface area contributed by atoms with Gasteiger partial charge in [-0.05, 0) is 24.0 Å². The van der Waals surface area contributed by atoms with Gasteiger partial charge in [0.25, 0.3) is 0 Å². The fourth-order valence-electron chi connectivity index (χ4n) is 1.70. The zero-order valence-electron chi connectivity index (χ0n) is 11.1. The highest BCUT2D eigenvalue weighted by Crippen LogP contribution is 2.11. The molecule has 1 N–H and O–H groups in total. The number of amides is 1. The number of aromatic nitrogens is 2. The van der Waals surface area contributed by atoms with E-state index in [1.165, 1.54) is 23.9 Å². The molecule has 1 aromatic carbocycles. The molecule has 0 unspecified atom stereocenters. The number of ketones is 1. The highest BCUT2D eigenvalue weighted by atomic mass is 16.6. The summed E-state index contributed by atoms with van der Waals surface area (Å²) in [5, 5.41) is 16.7. The molecule has 21 heavy (non-hydrogen) atoms. The molecule has 0 saturated carbocycles. The lowest BCUT2D eigenvalue weighted by Gasteiger charge is -2.05. The van der Waals surface area contributed by atoms with Crippen molar-refractivity contribution in [3.05, 3.63) is 52.2 Å². The standard InChI is InChI=1S/C13H12N4O4/c1-9(18)10-3-2-4-11(7-10)14-13(19)8-16-6-5-12(15-16)17(20)21/h2-7H,8H2,1H3,(H,14,19). The second kappa shape index (κ2) is 5.95. The van der Waals surface area contributed by atoms with Gasteiger partial charge in [-0.25, -0.2) is 0 Å². The Bertz CT molecular complexity index is 708. The van der Waals surface area contributed by atoms with Gasteiger partial charge in [0.15, 0.2) is 5.78 Å². The Morgan fingerprint density at radius 1 is 1.38 bits per heavy atom. The van der Waals surface area contributed by atoms with Crippen LogP contribution in [0.1, 0.15) is 17.3 Å². The number of hydrogen-bond donors (Lipinski definition) is 1. The molecule has 0 aliphatic carbocycles. The molecule has 1 heterocycles. The number of Topliss-reactive ketones (excluding diaryl/α,β-unsaturated/α-hetero) is 1. The number of nitro groups is 1. The van der Waals surface area contributed by atoms with Crippen molar-refractivity contribution in [3.63, 3.8) is 0 Å². The second-order valence-corrected chi connectivity index (χ2v) is 4.31. The molecule has 0 radical (unpaired) electrons. The summed E-state index contributed by atoms with van der Waals surface area (Å²) in [7, 11) is 0. The largest absolute Gasteiger partial charge is 0.389 e. The summed E-state index contributed by atoms with van der Waals surface area (Å²) in [6.07, 6.45) is 1.35. The van der Waals surface area contributed by atoms with Crippen LogP contribution >= 0.6 is 0 Å². The number of carbonyl (C=O) groups excluding carboxylic acids is 2. The number of hydrogen-bond acceptors (Lipinski definition) is 5. The Morgan fingerprint density at radius 3 is 2.76 bits per heavy atom. The first-order chi connectivity index (χ1) is 9.95. The van der Waals surface area contributed by atoms with Crippen molar-refractivity contribution in [2.75, 3.05) is 5.32 Å². The van der Waals surface area contributed by atoms with Crippen molar-refractivity contribution >= 4 is 23.2 Å². The second-order valence-electron chi connectivity index (χ2n) is 4.31. The molecule has 1 aromatic heterocycles. The van der Waals surface area contributed by atoms with Crippen molar-refractivity contribution in [1.29, 1.82) is 0 Å². The summed E-state index contributed by atoms with van der Waals surface area (Å²) in [6, 6.07) is 7.73. The third-order valence-corrected chi connectivity index (χ3v) is 2.67. The Labute approximate surface area is 119 Å². The van der Waals surface area contributed by atoms with Crippen LogP contribution in [0, 0.1) is 10.1 Å². The predicted octanol–water partition coefficient (Wildman–Crippen LogP) is 1.63. The van der Waals surface area contributed by atoms with Crippen LogP contribution in [0.2, 0.25) is 0 Å². The summed E-state index contributed by atoms with van der Waals surface area (Å²) in [6.45, 7) is 1.28. The summed E-state index contributed by atoms with van der Waals surface area (Å²) >= 11 is 0. The van der Waals surface area contributed by atoms with Gasteiger partial charge < -0.3 is 15.4 Å². The van der Waals surface area contributed by atoms with E-state index >= 15 is 0 Å². The molecule has 0 aliphatic heterocycles. The van der Waals surface area contributed by atoms with Crippen LogP contribution in [-0.4, -0.2) is 26.4 Å². The van der Waals surface area contributed by atoms with Crippen LogP contribution in [0.4, 0.5) is 11.5 Å². The Kier molecular flexibility index (Phi) is 4.07. The van der Waals surface area contributed by atoms with Crippen LogP contribution in [0.15, 0.2) is 36.5 Å². The molecule has 2 aromatic rings. The van der Waals surface area contributed by atoms with Crippen molar-refractivity contribution in [2.45, 2.75) is 13.5 Å². The summed E-state index contributed by atoms with van der Waals surface area (Å²) < 4.78 is 1.17. The lowest BCUT2D eigenvalue weighted by molar-refractivity contribution is -0.389. The third-order valence-electron chi connectivity index (χ3n) is 2.67. The van der Waals surface area contributed by atoms with Crippen molar-refractivity contribution in [1.82, 2.24) is 9.78 Å². The van der Waals surface area contributed by atoms with E-state index in [1.54, 1.807) is 24.3 Å². The number of nitrogens with zero attached hydrogens (tertiary/aromatic N) is 3. The average Bonchev–Trinajstić information content (AvgIpc) is 2.87. The topological polar surface area (TPSA) is 107 Å². The van der Waals surface area contributed by atoms with Gasteiger partial charge in [-0.1, -0.05) is 12.1 Å². The summed E-state index contributed by atoms with van der Waals surface area (Å²) in [4.78, 5) is 32.9. The maximum absolute atomic E-state index is 11.8. The van der Waals surface area contributed by atoms with Crippen LogP contribution < -0.4 is 5.32 Å².